The highest BCUT2D eigenvalue weighted by Gasteiger charge is 2.41. The molecule has 0 atom stereocenters. The van der Waals surface area contributed by atoms with E-state index in [0.717, 1.165) is 85.3 Å². The predicted molar refractivity (Wildman–Crippen MR) is 214 cm³/mol. The Morgan fingerprint density at radius 3 is 1.96 bits per heavy atom. The van der Waals surface area contributed by atoms with Crippen molar-refractivity contribution in [2.24, 2.45) is 0 Å². The number of tetrazole rings is 1. The Balaban J connectivity index is 1.33. The lowest BCUT2D eigenvalue weighted by molar-refractivity contribution is 0.396. The molecule has 0 radical (unpaired) electrons. The highest BCUT2D eigenvalue weighted by atomic mass is 79.9. The summed E-state index contributed by atoms with van der Waals surface area (Å²) in [6.07, 6.45) is 6.32. The zero-order chi connectivity index (χ0) is 36.4. The molecular formula is C43H35BrCl2N6O. The Hall–Kier alpha value is -5.02. The molecule has 7 nitrogen and oxygen atoms in total. The standard InChI is InChI=1S/C43H35BrCl2N6O/c1-2-3-23-38-47-41(46)37(26-45)51(38)27-35-32-24-25-53-28-36(32)40(44)39(35)33-21-13-14-22-34(33)42-48-50-52(49-42)43(29-15-7-4-8-16-29,30-17-9-5-10-18-30)31-19-11-6-12-20-31/h4-22,24-25,28H,2-3,23,26-27H2,1H3. The Kier molecular flexibility index (Phi) is 10.0. The van der Waals surface area contributed by atoms with Crippen molar-refractivity contribution < 1.29 is 4.42 Å². The second-order valence-electron chi connectivity index (χ2n) is 12.9. The summed E-state index contributed by atoms with van der Waals surface area (Å²) in [5.41, 5.74) is 8.80. The largest absolute Gasteiger partial charge is 0.472 e. The number of fused-ring (bicyclic) bond motifs is 1. The number of nitrogens with zero attached hydrogens (tertiary/aromatic N) is 6. The quantitative estimate of drug-likeness (QED) is 0.0908. The summed E-state index contributed by atoms with van der Waals surface area (Å²) in [6.45, 7) is 2.68. The van der Waals surface area contributed by atoms with Crippen molar-refractivity contribution in [3.05, 3.63) is 177 Å². The van der Waals surface area contributed by atoms with E-state index < -0.39 is 5.54 Å². The number of halogens is 3. The van der Waals surface area contributed by atoms with Crippen LogP contribution in [0.5, 0.6) is 0 Å². The van der Waals surface area contributed by atoms with Crippen LogP contribution in [0.3, 0.4) is 0 Å². The number of unbranched alkanes of at least 4 members (excludes halogenated alkanes) is 1. The van der Waals surface area contributed by atoms with Crippen molar-refractivity contribution in [1.29, 1.82) is 0 Å². The number of imidazole rings is 1. The number of benzene rings is 4. The molecule has 2 aromatic heterocycles. The van der Waals surface area contributed by atoms with Gasteiger partial charge in [-0.15, -0.1) is 26.6 Å². The van der Waals surface area contributed by atoms with E-state index in [1.165, 1.54) is 0 Å². The van der Waals surface area contributed by atoms with Crippen molar-refractivity contribution in [3.63, 3.8) is 0 Å². The predicted octanol–water partition coefficient (Wildman–Crippen LogP) is 11.3. The van der Waals surface area contributed by atoms with E-state index >= 15 is 0 Å². The first kappa shape index (κ1) is 35.0. The van der Waals surface area contributed by atoms with Gasteiger partial charge in [-0.05, 0) is 67.0 Å². The molecule has 0 fully saturated rings. The van der Waals surface area contributed by atoms with Gasteiger partial charge in [0, 0.05) is 27.6 Å². The van der Waals surface area contributed by atoms with Crippen LogP contribution in [0.25, 0.3) is 33.6 Å². The lowest BCUT2D eigenvalue weighted by Crippen LogP contribution is -2.39. The number of hydrogen-bond acceptors (Lipinski definition) is 5. The summed E-state index contributed by atoms with van der Waals surface area (Å²) in [6, 6.07) is 41.3. The van der Waals surface area contributed by atoms with E-state index in [1.807, 2.05) is 72.8 Å². The highest BCUT2D eigenvalue weighted by Crippen LogP contribution is 2.49. The molecule has 1 aliphatic carbocycles. The molecule has 0 N–H and O–H groups in total. The van der Waals surface area contributed by atoms with Gasteiger partial charge in [-0.25, -0.2) is 4.98 Å². The Morgan fingerprint density at radius 1 is 0.755 bits per heavy atom. The maximum absolute atomic E-state index is 6.69. The average molecular weight is 803 g/mol. The van der Waals surface area contributed by atoms with Crippen molar-refractivity contribution in [2.75, 3.05) is 0 Å². The van der Waals surface area contributed by atoms with Gasteiger partial charge in [-0.2, -0.15) is 0 Å². The summed E-state index contributed by atoms with van der Waals surface area (Å²) in [4.78, 5) is 6.51. The molecule has 6 aromatic rings. The second-order valence-corrected chi connectivity index (χ2v) is 14.3. The lowest BCUT2D eigenvalue weighted by atomic mass is 9.77. The molecule has 53 heavy (non-hydrogen) atoms. The molecule has 264 valence electrons. The third-order valence-corrected chi connectivity index (χ3v) is 11.3. The maximum Gasteiger partial charge on any atom is 0.205 e. The van der Waals surface area contributed by atoms with Crippen LogP contribution in [0.4, 0.5) is 0 Å². The van der Waals surface area contributed by atoms with Crippen LogP contribution in [0, 0.1) is 0 Å². The molecule has 0 saturated carbocycles. The number of hydrogen-bond donors (Lipinski definition) is 0. The van der Waals surface area contributed by atoms with Gasteiger partial charge in [0.25, 0.3) is 0 Å². The lowest BCUT2D eigenvalue weighted by Gasteiger charge is -2.34. The highest BCUT2D eigenvalue weighted by molar-refractivity contribution is 9.10. The second kappa shape index (κ2) is 15.1. The molecule has 0 saturated heterocycles. The average Bonchev–Trinajstić information content (AvgIpc) is 3.90. The van der Waals surface area contributed by atoms with Gasteiger partial charge in [-0.1, -0.05) is 140 Å². The minimum atomic E-state index is -0.903. The molecule has 0 unspecified atom stereocenters. The fourth-order valence-corrected chi connectivity index (χ4v) is 8.76. The molecule has 1 aliphatic heterocycles. The van der Waals surface area contributed by atoms with Gasteiger partial charge in [-0.3, -0.25) is 0 Å². The minimum Gasteiger partial charge on any atom is -0.472 e. The monoisotopic (exact) mass is 800 g/mol. The molecule has 2 aliphatic rings. The van der Waals surface area contributed by atoms with Crippen molar-refractivity contribution in [3.8, 4) is 33.6 Å². The van der Waals surface area contributed by atoms with Gasteiger partial charge < -0.3 is 8.98 Å². The molecule has 0 bridgehead atoms. The van der Waals surface area contributed by atoms with E-state index in [0.29, 0.717) is 17.5 Å². The minimum absolute atomic E-state index is 0.248. The Morgan fingerprint density at radius 2 is 1.36 bits per heavy atom. The van der Waals surface area contributed by atoms with Crippen LogP contribution in [0.2, 0.25) is 5.15 Å². The van der Waals surface area contributed by atoms with Crippen LogP contribution in [0.15, 0.2) is 143 Å². The van der Waals surface area contributed by atoms with Crippen LogP contribution in [-0.4, -0.2) is 29.8 Å². The molecule has 8 rings (SSSR count). The fraction of sp³-hybridized carbons (Fsp3) is 0.163. The van der Waals surface area contributed by atoms with E-state index in [9.17, 15) is 0 Å². The molecule has 0 amide bonds. The van der Waals surface area contributed by atoms with E-state index in [-0.39, 0.29) is 5.88 Å². The van der Waals surface area contributed by atoms with E-state index in [4.69, 9.17) is 48.0 Å². The first-order chi connectivity index (χ1) is 26.1. The van der Waals surface area contributed by atoms with Gasteiger partial charge >= 0.3 is 0 Å². The van der Waals surface area contributed by atoms with E-state index in [2.05, 4.69) is 76.0 Å². The van der Waals surface area contributed by atoms with Gasteiger partial charge in [0.15, 0.2) is 10.7 Å². The number of aryl methyl sites for hydroxylation is 1. The zero-order valence-corrected chi connectivity index (χ0v) is 32.1. The van der Waals surface area contributed by atoms with Crippen molar-refractivity contribution >= 4 is 39.1 Å². The normalized spacial score (nSPS) is 11.8. The molecule has 3 heterocycles. The number of alkyl halides is 1. The molecule has 10 heteroatoms. The first-order valence-electron chi connectivity index (χ1n) is 17.6. The third kappa shape index (κ3) is 6.18. The number of aromatic nitrogens is 6. The summed E-state index contributed by atoms with van der Waals surface area (Å²) >= 11 is 17.2. The third-order valence-electron chi connectivity index (χ3n) is 9.90. The topological polar surface area (TPSA) is 74.6 Å². The maximum atomic E-state index is 6.69. The Bertz CT molecular complexity index is 2350. The molecule has 0 spiro atoms. The smallest absolute Gasteiger partial charge is 0.205 e. The summed E-state index contributed by atoms with van der Waals surface area (Å²) in [5.74, 6) is 1.66. The Labute approximate surface area is 326 Å². The van der Waals surface area contributed by atoms with Crippen molar-refractivity contribution in [1.82, 2.24) is 29.8 Å². The van der Waals surface area contributed by atoms with Crippen molar-refractivity contribution in [2.45, 2.75) is 44.1 Å². The van der Waals surface area contributed by atoms with Crippen LogP contribution in [-0.2, 0) is 24.4 Å². The van der Waals surface area contributed by atoms with Gasteiger partial charge in [0.1, 0.15) is 5.82 Å². The first-order valence-corrected chi connectivity index (χ1v) is 19.3. The van der Waals surface area contributed by atoms with Crippen LogP contribution >= 0.6 is 39.1 Å². The summed E-state index contributed by atoms with van der Waals surface area (Å²) in [7, 11) is 0. The summed E-state index contributed by atoms with van der Waals surface area (Å²) < 4.78 is 8.79. The number of rotatable bonds is 12. The molecular weight excluding hydrogens is 767 g/mol. The van der Waals surface area contributed by atoms with E-state index in [1.54, 1.807) is 17.3 Å². The SMILES string of the molecule is CCCCc1nc(Cl)c(CCl)n1Cc1c2ccocc-2c(Br)c1-c1ccccc1-c1nnn(C(c2ccccc2)(c2ccccc2)c2ccccc2)n1. The van der Waals surface area contributed by atoms with Gasteiger partial charge in [0.2, 0.25) is 5.82 Å². The zero-order valence-electron chi connectivity index (χ0n) is 29.0. The van der Waals surface area contributed by atoms with Gasteiger partial charge in [0.05, 0.1) is 30.6 Å². The molecule has 4 aromatic carbocycles. The van der Waals surface area contributed by atoms with Crippen LogP contribution in [0.1, 0.15) is 53.5 Å². The summed E-state index contributed by atoms with van der Waals surface area (Å²) in [5, 5.41) is 15.3. The van der Waals surface area contributed by atoms with Crippen LogP contribution < -0.4 is 0 Å². The fourth-order valence-electron chi connectivity index (χ4n) is 7.40.